The number of aromatic nitrogens is 2. The van der Waals surface area contributed by atoms with Crippen LogP contribution >= 0.6 is 0 Å². The van der Waals surface area contributed by atoms with Gasteiger partial charge in [-0.2, -0.15) is 5.26 Å². The van der Waals surface area contributed by atoms with E-state index < -0.39 is 0 Å². The maximum absolute atomic E-state index is 13.2. The van der Waals surface area contributed by atoms with E-state index in [0.717, 1.165) is 42.2 Å². The molecule has 1 aromatic carbocycles. The van der Waals surface area contributed by atoms with Crippen LogP contribution in [0.4, 0.5) is 0 Å². The van der Waals surface area contributed by atoms with Crippen molar-refractivity contribution in [3.8, 4) is 6.07 Å². The summed E-state index contributed by atoms with van der Waals surface area (Å²) < 4.78 is 0. The van der Waals surface area contributed by atoms with Crippen molar-refractivity contribution in [3.63, 3.8) is 0 Å². The number of nitriles is 1. The van der Waals surface area contributed by atoms with E-state index in [4.69, 9.17) is 10.2 Å². The Bertz CT molecular complexity index is 974. The van der Waals surface area contributed by atoms with E-state index in [1.54, 1.807) is 18.2 Å². The number of hydrazine groups is 1. The molecule has 7 heteroatoms. The van der Waals surface area contributed by atoms with Crippen molar-refractivity contribution in [3.05, 3.63) is 57.7 Å². The van der Waals surface area contributed by atoms with Crippen molar-refractivity contribution in [1.82, 2.24) is 25.7 Å². The van der Waals surface area contributed by atoms with Crippen LogP contribution < -0.4 is 10.9 Å². The third-order valence-electron chi connectivity index (χ3n) is 5.60. The van der Waals surface area contributed by atoms with Crippen LogP contribution in [0.5, 0.6) is 0 Å². The van der Waals surface area contributed by atoms with Gasteiger partial charge in [-0.25, -0.2) is 15.4 Å². The van der Waals surface area contributed by atoms with E-state index in [9.17, 15) is 4.79 Å². The summed E-state index contributed by atoms with van der Waals surface area (Å²) in [5.41, 5.74) is 11.7. The van der Waals surface area contributed by atoms with E-state index in [1.807, 2.05) is 18.7 Å². The van der Waals surface area contributed by atoms with Gasteiger partial charge in [0, 0.05) is 23.7 Å². The molecule has 1 fully saturated rings. The number of fused-ring (bicyclic) bond motifs is 1. The van der Waals surface area contributed by atoms with Crippen molar-refractivity contribution in [2.75, 3.05) is 6.54 Å². The van der Waals surface area contributed by atoms with Gasteiger partial charge in [0.1, 0.15) is 5.82 Å². The summed E-state index contributed by atoms with van der Waals surface area (Å²) in [5.74, 6) is 0.720. The van der Waals surface area contributed by atoms with E-state index in [2.05, 4.69) is 28.8 Å². The lowest BCUT2D eigenvalue weighted by atomic mass is 9.92. The van der Waals surface area contributed by atoms with E-state index in [0.29, 0.717) is 17.7 Å². The molecule has 0 spiro atoms. The molecule has 4 rings (SSSR count). The summed E-state index contributed by atoms with van der Waals surface area (Å²) in [7, 11) is 0. The van der Waals surface area contributed by atoms with Crippen molar-refractivity contribution < 1.29 is 4.79 Å². The molecule has 144 valence electrons. The number of amides is 1. The standard InChI is InChI=1S/C21H24N6O/c1-12-8-15(10-22)4-5-16(12)21(28)27-11-19-17(9-13(27)2)20(25-14(3)24-19)18-6-7-23-26-18/h4-5,8,13,18,23,26H,6-7,9,11H2,1-3H3. The Morgan fingerprint density at radius 3 is 2.82 bits per heavy atom. The zero-order chi connectivity index (χ0) is 19.8. The number of hydrogen-bond donors (Lipinski definition) is 2. The van der Waals surface area contributed by atoms with Crippen LogP contribution in [0.25, 0.3) is 0 Å². The second kappa shape index (κ2) is 7.30. The van der Waals surface area contributed by atoms with Gasteiger partial charge >= 0.3 is 0 Å². The molecule has 1 aromatic heterocycles. The Hall–Kier alpha value is -2.82. The number of carbonyl (C=O) groups is 1. The lowest BCUT2D eigenvalue weighted by Gasteiger charge is -2.36. The topological polar surface area (TPSA) is 93.9 Å². The van der Waals surface area contributed by atoms with Gasteiger partial charge in [0.05, 0.1) is 35.6 Å². The molecule has 0 saturated carbocycles. The number of nitrogens with zero attached hydrogens (tertiary/aromatic N) is 4. The van der Waals surface area contributed by atoms with Crippen LogP contribution in [0.3, 0.4) is 0 Å². The quantitative estimate of drug-likeness (QED) is 0.834. The normalized spacial score (nSPS) is 21.3. The van der Waals surface area contributed by atoms with Crippen LogP contribution in [-0.4, -0.2) is 33.4 Å². The number of carbonyl (C=O) groups excluding carboxylic acids is 1. The summed E-state index contributed by atoms with van der Waals surface area (Å²) >= 11 is 0. The first-order valence-electron chi connectivity index (χ1n) is 9.64. The number of rotatable bonds is 2. The predicted molar refractivity (Wildman–Crippen MR) is 104 cm³/mol. The van der Waals surface area contributed by atoms with Crippen LogP contribution in [0, 0.1) is 25.2 Å². The highest BCUT2D eigenvalue weighted by Crippen LogP contribution is 2.30. The van der Waals surface area contributed by atoms with Crippen molar-refractivity contribution in [2.45, 2.75) is 52.2 Å². The number of aryl methyl sites for hydroxylation is 2. The van der Waals surface area contributed by atoms with Gasteiger partial charge in [0.2, 0.25) is 0 Å². The smallest absolute Gasteiger partial charge is 0.254 e. The highest BCUT2D eigenvalue weighted by molar-refractivity contribution is 5.96. The first-order chi connectivity index (χ1) is 13.5. The highest BCUT2D eigenvalue weighted by Gasteiger charge is 2.33. The Morgan fingerprint density at radius 2 is 2.14 bits per heavy atom. The average Bonchev–Trinajstić information content (AvgIpc) is 3.21. The van der Waals surface area contributed by atoms with E-state index >= 15 is 0 Å². The van der Waals surface area contributed by atoms with Gasteiger partial charge < -0.3 is 4.90 Å². The van der Waals surface area contributed by atoms with E-state index in [1.165, 1.54) is 5.56 Å². The van der Waals surface area contributed by atoms with Crippen LogP contribution in [0.1, 0.15) is 63.6 Å². The molecular weight excluding hydrogens is 352 g/mol. The Balaban J connectivity index is 1.67. The van der Waals surface area contributed by atoms with Crippen molar-refractivity contribution in [1.29, 1.82) is 5.26 Å². The molecule has 1 saturated heterocycles. The molecule has 0 radical (unpaired) electrons. The molecule has 3 heterocycles. The maximum atomic E-state index is 13.2. The molecule has 7 nitrogen and oxygen atoms in total. The SMILES string of the molecule is Cc1nc2c(c(C3CCNN3)n1)CC(C)N(C(=O)c1ccc(C#N)cc1C)C2. The van der Waals surface area contributed by atoms with Crippen LogP contribution in [0.15, 0.2) is 18.2 Å². The van der Waals surface area contributed by atoms with Gasteiger partial charge in [-0.05, 0) is 57.4 Å². The first-order valence-corrected chi connectivity index (χ1v) is 9.64. The number of benzene rings is 1. The van der Waals surface area contributed by atoms with Crippen LogP contribution in [-0.2, 0) is 13.0 Å². The van der Waals surface area contributed by atoms with Gasteiger partial charge in [0.25, 0.3) is 5.91 Å². The van der Waals surface area contributed by atoms with Gasteiger partial charge in [0.15, 0.2) is 0 Å². The average molecular weight is 376 g/mol. The molecule has 2 aromatic rings. The largest absolute Gasteiger partial charge is 0.330 e. The fraction of sp³-hybridized carbons (Fsp3) is 0.429. The molecule has 2 aliphatic rings. The second-order valence-electron chi connectivity index (χ2n) is 7.62. The summed E-state index contributed by atoms with van der Waals surface area (Å²) in [6, 6.07) is 7.57. The maximum Gasteiger partial charge on any atom is 0.254 e. The summed E-state index contributed by atoms with van der Waals surface area (Å²) in [6.07, 6.45) is 1.73. The zero-order valence-electron chi connectivity index (χ0n) is 16.4. The fourth-order valence-corrected chi connectivity index (χ4v) is 4.13. The number of hydrogen-bond acceptors (Lipinski definition) is 6. The summed E-state index contributed by atoms with van der Waals surface area (Å²) in [5, 5.41) is 9.06. The molecule has 0 aliphatic carbocycles. The third kappa shape index (κ3) is 3.26. The molecule has 1 amide bonds. The Morgan fingerprint density at radius 1 is 1.32 bits per heavy atom. The van der Waals surface area contributed by atoms with E-state index in [-0.39, 0.29) is 18.0 Å². The van der Waals surface area contributed by atoms with Gasteiger partial charge in [-0.15, -0.1) is 0 Å². The predicted octanol–water partition coefficient (Wildman–Crippen LogP) is 2.09. The minimum Gasteiger partial charge on any atom is -0.330 e. The molecule has 28 heavy (non-hydrogen) atoms. The summed E-state index contributed by atoms with van der Waals surface area (Å²) in [6.45, 7) is 7.25. The van der Waals surface area contributed by atoms with Crippen LogP contribution in [0.2, 0.25) is 0 Å². The molecular formula is C21H24N6O. The molecule has 2 unspecified atom stereocenters. The molecule has 2 atom stereocenters. The second-order valence-corrected chi connectivity index (χ2v) is 7.62. The zero-order valence-corrected chi connectivity index (χ0v) is 16.4. The highest BCUT2D eigenvalue weighted by atomic mass is 16.2. The lowest BCUT2D eigenvalue weighted by molar-refractivity contribution is 0.0652. The fourth-order valence-electron chi connectivity index (χ4n) is 4.13. The third-order valence-corrected chi connectivity index (χ3v) is 5.60. The lowest BCUT2D eigenvalue weighted by Crippen LogP contribution is -2.44. The van der Waals surface area contributed by atoms with Gasteiger partial charge in [-0.3, -0.25) is 10.2 Å². The van der Waals surface area contributed by atoms with Crippen molar-refractivity contribution in [2.24, 2.45) is 0 Å². The monoisotopic (exact) mass is 376 g/mol. The Kier molecular flexibility index (Phi) is 4.84. The first kappa shape index (κ1) is 18.5. The Labute approximate surface area is 164 Å². The van der Waals surface area contributed by atoms with Crippen molar-refractivity contribution >= 4 is 5.91 Å². The minimum absolute atomic E-state index is 0.0152. The molecule has 2 aliphatic heterocycles. The molecule has 0 bridgehead atoms. The van der Waals surface area contributed by atoms with Gasteiger partial charge in [-0.1, -0.05) is 0 Å². The molecule has 2 N–H and O–H groups in total. The summed E-state index contributed by atoms with van der Waals surface area (Å²) in [4.78, 5) is 24.5. The number of nitrogens with one attached hydrogen (secondary N) is 2. The minimum atomic E-state index is -0.0152.